The third-order valence-electron chi connectivity index (χ3n) is 2.75. The number of ether oxygens (including phenoxy) is 2. The molecule has 118 valence electrons. The van der Waals surface area contributed by atoms with Gasteiger partial charge in [-0.15, -0.1) is 0 Å². The van der Waals surface area contributed by atoms with Crippen molar-refractivity contribution in [3.63, 3.8) is 0 Å². The van der Waals surface area contributed by atoms with Gasteiger partial charge in [0.05, 0.1) is 26.1 Å². The monoisotopic (exact) mass is 323 g/mol. The molecule has 0 atom stereocenters. The van der Waals surface area contributed by atoms with Crippen molar-refractivity contribution in [2.24, 2.45) is 0 Å². The molecule has 2 rings (SSSR count). The fourth-order valence-electron chi connectivity index (χ4n) is 1.80. The van der Waals surface area contributed by atoms with E-state index in [4.69, 9.17) is 9.47 Å². The summed E-state index contributed by atoms with van der Waals surface area (Å²) in [6.45, 7) is 4.01. The van der Waals surface area contributed by atoms with Gasteiger partial charge in [-0.3, -0.25) is 9.71 Å². The minimum Gasteiger partial charge on any atom is -0.495 e. The van der Waals surface area contributed by atoms with Crippen molar-refractivity contribution < 1.29 is 17.9 Å². The summed E-state index contributed by atoms with van der Waals surface area (Å²) in [6, 6.07) is 4.90. The standard InChI is InChI=1S/C14H17N3O4S/c1-4-21-14-9-15-8-13(16-14)17-22(18,19)12-7-10(2)5-6-11(12)20-3/h5-9H,4H2,1-3H3,(H,16,17). The first-order chi connectivity index (χ1) is 10.5. The molecular weight excluding hydrogens is 306 g/mol. The van der Waals surface area contributed by atoms with E-state index in [1.165, 1.54) is 25.6 Å². The number of nitrogens with zero attached hydrogens (tertiary/aromatic N) is 2. The Morgan fingerprint density at radius 2 is 2.05 bits per heavy atom. The van der Waals surface area contributed by atoms with E-state index in [1.807, 2.05) is 0 Å². The summed E-state index contributed by atoms with van der Waals surface area (Å²) in [5, 5.41) is 0. The van der Waals surface area contributed by atoms with Crippen LogP contribution in [0.5, 0.6) is 11.6 Å². The molecule has 0 saturated carbocycles. The molecule has 0 radical (unpaired) electrons. The minimum atomic E-state index is -3.84. The fourth-order valence-corrected chi connectivity index (χ4v) is 3.04. The molecule has 0 fully saturated rings. The van der Waals surface area contributed by atoms with Crippen LogP contribution in [0.25, 0.3) is 0 Å². The topological polar surface area (TPSA) is 90.4 Å². The molecule has 1 aromatic heterocycles. The minimum absolute atomic E-state index is 0.0404. The fraction of sp³-hybridized carbons (Fsp3) is 0.286. The Labute approximate surface area is 129 Å². The molecule has 0 spiro atoms. The second-order valence-corrected chi connectivity index (χ2v) is 6.09. The molecule has 0 unspecified atom stereocenters. The Kier molecular flexibility index (Phi) is 4.81. The first kappa shape index (κ1) is 16.0. The van der Waals surface area contributed by atoms with E-state index in [2.05, 4.69) is 14.7 Å². The summed E-state index contributed by atoms with van der Waals surface area (Å²) in [7, 11) is -2.43. The molecule has 0 aliphatic rings. The molecule has 2 aromatic rings. The molecular formula is C14H17N3O4S. The summed E-state index contributed by atoms with van der Waals surface area (Å²) < 4.78 is 37.7. The third kappa shape index (κ3) is 3.64. The maximum atomic E-state index is 12.5. The van der Waals surface area contributed by atoms with Crippen LogP contribution >= 0.6 is 0 Å². The predicted molar refractivity (Wildman–Crippen MR) is 81.7 cm³/mol. The molecule has 0 saturated heterocycles. The Morgan fingerprint density at radius 3 is 2.73 bits per heavy atom. The lowest BCUT2D eigenvalue weighted by Crippen LogP contribution is -2.15. The number of sulfonamides is 1. The number of benzene rings is 1. The smallest absolute Gasteiger partial charge is 0.266 e. The summed E-state index contributed by atoms with van der Waals surface area (Å²) in [6.07, 6.45) is 2.72. The first-order valence-electron chi connectivity index (χ1n) is 6.58. The van der Waals surface area contributed by atoms with E-state index in [1.54, 1.807) is 26.0 Å². The van der Waals surface area contributed by atoms with Crippen LogP contribution in [0.3, 0.4) is 0 Å². The average molecular weight is 323 g/mol. The number of methoxy groups -OCH3 is 1. The van der Waals surface area contributed by atoms with E-state index >= 15 is 0 Å². The van der Waals surface area contributed by atoms with Crippen LogP contribution in [0.2, 0.25) is 0 Å². The third-order valence-corrected chi connectivity index (χ3v) is 4.13. The van der Waals surface area contributed by atoms with E-state index < -0.39 is 10.0 Å². The molecule has 0 bridgehead atoms. The van der Waals surface area contributed by atoms with Crippen molar-refractivity contribution in [1.82, 2.24) is 9.97 Å². The molecule has 0 aliphatic heterocycles. The maximum Gasteiger partial charge on any atom is 0.266 e. The lowest BCUT2D eigenvalue weighted by molar-refractivity contribution is 0.326. The summed E-state index contributed by atoms with van der Waals surface area (Å²) in [5.74, 6) is 0.584. The number of aromatic nitrogens is 2. The Bertz CT molecular complexity index is 762. The number of nitrogens with one attached hydrogen (secondary N) is 1. The summed E-state index contributed by atoms with van der Waals surface area (Å²) >= 11 is 0. The molecule has 1 aromatic carbocycles. The van der Waals surface area contributed by atoms with Crippen LogP contribution in [0.1, 0.15) is 12.5 Å². The van der Waals surface area contributed by atoms with Gasteiger partial charge in [0.15, 0.2) is 5.82 Å². The second-order valence-electron chi connectivity index (χ2n) is 4.44. The summed E-state index contributed by atoms with van der Waals surface area (Å²) in [4.78, 5) is 7.97. The van der Waals surface area contributed by atoms with Crippen molar-refractivity contribution >= 4 is 15.8 Å². The Hall–Kier alpha value is -2.35. The van der Waals surface area contributed by atoms with E-state index in [0.29, 0.717) is 6.61 Å². The predicted octanol–water partition coefficient (Wildman–Crippen LogP) is 1.99. The SMILES string of the molecule is CCOc1cncc(NS(=O)(=O)c2cc(C)ccc2OC)n1. The highest BCUT2D eigenvalue weighted by molar-refractivity contribution is 7.92. The van der Waals surface area contributed by atoms with Crippen LogP contribution < -0.4 is 14.2 Å². The van der Waals surface area contributed by atoms with Crippen molar-refractivity contribution in [3.8, 4) is 11.6 Å². The van der Waals surface area contributed by atoms with Crippen molar-refractivity contribution in [3.05, 3.63) is 36.2 Å². The lowest BCUT2D eigenvalue weighted by Gasteiger charge is -2.12. The largest absolute Gasteiger partial charge is 0.495 e. The van der Waals surface area contributed by atoms with Crippen molar-refractivity contribution in [1.29, 1.82) is 0 Å². The zero-order valence-electron chi connectivity index (χ0n) is 12.5. The summed E-state index contributed by atoms with van der Waals surface area (Å²) in [5.41, 5.74) is 0.801. The van der Waals surface area contributed by atoms with Gasteiger partial charge in [0.2, 0.25) is 5.88 Å². The molecule has 1 heterocycles. The van der Waals surface area contributed by atoms with Crippen LogP contribution in [0.4, 0.5) is 5.82 Å². The number of anilines is 1. The van der Waals surface area contributed by atoms with Crippen LogP contribution in [0, 0.1) is 6.92 Å². The second kappa shape index (κ2) is 6.61. The van der Waals surface area contributed by atoms with Crippen molar-refractivity contribution in [2.75, 3.05) is 18.4 Å². The van der Waals surface area contributed by atoms with E-state index in [9.17, 15) is 8.42 Å². The van der Waals surface area contributed by atoms with Gasteiger partial charge in [0.25, 0.3) is 10.0 Å². The molecule has 0 aliphatic carbocycles. The van der Waals surface area contributed by atoms with Crippen molar-refractivity contribution in [2.45, 2.75) is 18.7 Å². The van der Waals surface area contributed by atoms with Gasteiger partial charge in [-0.05, 0) is 31.5 Å². The van der Waals surface area contributed by atoms with Gasteiger partial charge < -0.3 is 9.47 Å². The number of aryl methyl sites for hydroxylation is 1. The van der Waals surface area contributed by atoms with Gasteiger partial charge in [-0.25, -0.2) is 8.42 Å². The highest BCUT2D eigenvalue weighted by atomic mass is 32.2. The number of rotatable bonds is 6. The molecule has 1 N–H and O–H groups in total. The highest BCUT2D eigenvalue weighted by Crippen LogP contribution is 2.26. The Morgan fingerprint density at radius 1 is 1.27 bits per heavy atom. The quantitative estimate of drug-likeness (QED) is 0.874. The Balaban J connectivity index is 2.35. The van der Waals surface area contributed by atoms with Crippen LogP contribution in [-0.2, 0) is 10.0 Å². The van der Waals surface area contributed by atoms with E-state index in [-0.39, 0.29) is 22.3 Å². The zero-order chi connectivity index (χ0) is 16.2. The molecule has 7 nitrogen and oxygen atoms in total. The highest BCUT2D eigenvalue weighted by Gasteiger charge is 2.20. The molecule has 22 heavy (non-hydrogen) atoms. The van der Waals surface area contributed by atoms with Crippen LogP contribution in [-0.4, -0.2) is 32.1 Å². The average Bonchev–Trinajstić information content (AvgIpc) is 2.47. The van der Waals surface area contributed by atoms with Gasteiger partial charge in [-0.2, -0.15) is 4.98 Å². The van der Waals surface area contributed by atoms with Gasteiger partial charge in [0.1, 0.15) is 10.6 Å². The number of hydrogen-bond acceptors (Lipinski definition) is 6. The van der Waals surface area contributed by atoms with E-state index in [0.717, 1.165) is 5.56 Å². The normalized spacial score (nSPS) is 11.0. The maximum absolute atomic E-state index is 12.5. The van der Waals surface area contributed by atoms with Gasteiger partial charge in [-0.1, -0.05) is 6.07 Å². The van der Waals surface area contributed by atoms with Gasteiger partial charge >= 0.3 is 0 Å². The zero-order valence-corrected chi connectivity index (χ0v) is 13.3. The first-order valence-corrected chi connectivity index (χ1v) is 8.07. The lowest BCUT2D eigenvalue weighted by atomic mass is 10.2. The number of hydrogen-bond donors (Lipinski definition) is 1. The van der Waals surface area contributed by atoms with Gasteiger partial charge in [0, 0.05) is 0 Å². The molecule has 0 amide bonds. The molecule has 8 heteroatoms. The van der Waals surface area contributed by atoms with Crippen LogP contribution in [0.15, 0.2) is 35.5 Å².